The summed E-state index contributed by atoms with van der Waals surface area (Å²) >= 11 is 14.6. The second kappa shape index (κ2) is 6.33. The van der Waals surface area contributed by atoms with Crippen LogP contribution in [0, 0.1) is 0 Å². The Balaban J connectivity index is 2.69. The Kier molecular flexibility index (Phi) is 5.38. The number of hydrogen-bond donors (Lipinski definition) is 0. The van der Waals surface area contributed by atoms with Gasteiger partial charge in [0.25, 0.3) is 0 Å². The van der Waals surface area contributed by atoms with E-state index < -0.39 is 11.0 Å². The van der Waals surface area contributed by atoms with Crippen LogP contribution >= 0.6 is 39.1 Å². The van der Waals surface area contributed by atoms with Gasteiger partial charge in [-0.05, 0) is 41.1 Å². The van der Waals surface area contributed by atoms with Crippen LogP contribution in [0.25, 0.3) is 0 Å². The number of esters is 1. The van der Waals surface area contributed by atoms with Crippen LogP contribution in [-0.2, 0) is 9.53 Å². The third kappa shape index (κ3) is 3.85. The molecule has 0 N–H and O–H groups in total. The normalized spacial score (nSPS) is 12.0. The maximum absolute atomic E-state index is 11.3. The first kappa shape index (κ1) is 13.6. The fourth-order valence-electron chi connectivity index (χ4n) is 0.938. The van der Waals surface area contributed by atoms with Gasteiger partial charge in [-0.3, -0.25) is 0 Å². The molecular weight excluding hydrogens is 319 g/mol. The minimum Gasteiger partial charge on any atom is -0.466 e. The molecule has 0 saturated carbocycles. The van der Waals surface area contributed by atoms with E-state index in [0.717, 1.165) is 0 Å². The molecule has 3 nitrogen and oxygen atoms in total. The molecule has 0 aromatic heterocycles. The van der Waals surface area contributed by atoms with E-state index in [9.17, 15) is 4.79 Å². The summed E-state index contributed by atoms with van der Waals surface area (Å²) < 4.78 is 10.0. The number of benzene rings is 1. The second-order valence-electron chi connectivity index (χ2n) is 2.76. The van der Waals surface area contributed by atoms with Crippen molar-refractivity contribution in [3.8, 4) is 5.75 Å². The van der Waals surface area contributed by atoms with Crippen molar-refractivity contribution in [1.29, 1.82) is 0 Å². The summed E-state index contributed by atoms with van der Waals surface area (Å²) in [5, 5.41) is -0.0491. The van der Waals surface area contributed by atoms with Gasteiger partial charge >= 0.3 is 5.97 Å². The molecule has 0 radical (unpaired) electrons. The van der Waals surface area contributed by atoms with Crippen molar-refractivity contribution >= 4 is 45.1 Å². The molecule has 0 aliphatic heterocycles. The van der Waals surface area contributed by atoms with Crippen molar-refractivity contribution < 1.29 is 14.3 Å². The van der Waals surface area contributed by atoms with Gasteiger partial charge in [-0.1, -0.05) is 23.2 Å². The standard InChI is InChI=1S/C10H9BrCl2O3/c1-2-15-10(14)9(11)16-8-4-3-6(12)5-7(8)13/h3-5,9H,2H2,1H3. The van der Waals surface area contributed by atoms with E-state index in [-0.39, 0.29) is 0 Å². The number of alkyl halides is 1. The average Bonchev–Trinajstić information content (AvgIpc) is 2.22. The Labute approximate surface area is 112 Å². The van der Waals surface area contributed by atoms with Crippen LogP contribution in [0.2, 0.25) is 10.0 Å². The van der Waals surface area contributed by atoms with E-state index in [4.69, 9.17) is 32.7 Å². The molecule has 1 aromatic rings. The molecule has 0 aliphatic rings. The van der Waals surface area contributed by atoms with Gasteiger partial charge in [-0.15, -0.1) is 0 Å². The van der Waals surface area contributed by atoms with Crippen LogP contribution in [0.15, 0.2) is 18.2 Å². The molecule has 0 fully saturated rings. The lowest BCUT2D eigenvalue weighted by Crippen LogP contribution is -2.23. The van der Waals surface area contributed by atoms with Crippen molar-refractivity contribution in [1.82, 2.24) is 0 Å². The first-order chi connectivity index (χ1) is 7.54. The lowest BCUT2D eigenvalue weighted by Gasteiger charge is -2.12. The molecule has 0 saturated heterocycles. The van der Waals surface area contributed by atoms with Gasteiger partial charge in [0.2, 0.25) is 5.01 Å². The summed E-state index contributed by atoms with van der Waals surface area (Å²) in [4.78, 5) is 11.3. The predicted molar refractivity (Wildman–Crippen MR) is 66.4 cm³/mol. The Hall–Kier alpha value is -0.450. The topological polar surface area (TPSA) is 35.5 Å². The Morgan fingerprint density at radius 3 is 2.75 bits per heavy atom. The summed E-state index contributed by atoms with van der Waals surface area (Å²) in [7, 11) is 0. The van der Waals surface area contributed by atoms with Gasteiger partial charge in [-0.2, -0.15) is 0 Å². The van der Waals surface area contributed by atoms with Gasteiger partial charge in [0.1, 0.15) is 5.75 Å². The molecule has 0 heterocycles. The maximum Gasteiger partial charge on any atom is 0.358 e. The summed E-state index contributed by atoms with van der Waals surface area (Å²) in [5.74, 6) is -0.144. The summed E-state index contributed by atoms with van der Waals surface area (Å²) in [6.45, 7) is 2.01. The molecule has 1 atom stereocenters. The summed E-state index contributed by atoms with van der Waals surface area (Å²) in [6, 6.07) is 4.73. The highest BCUT2D eigenvalue weighted by Crippen LogP contribution is 2.29. The van der Waals surface area contributed by atoms with Gasteiger partial charge < -0.3 is 9.47 Å². The van der Waals surface area contributed by atoms with Crippen LogP contribution in [0.5, 0.6) is 5.75 Å². The van der Waals surface area contributed by atoms with Crippen LogP contribution in [0.3, 0.4) is 0 Å². The van der Waals surface area contributed by atoms with Crippen LogP contribution < -0.4 is 4.74 Å². The highest BCUT2D eigenvalue weighted by molar-refractivity contribution is 9.09. The molecule has 1 unspecified atom stereocenters. The SMILES string of the molecule is CCOC(=O)C(Br)Oc1ccc(Cl)cc1Cl. The van der Waals surface area contributed by atoms with E-state index in [1.165, 1.54) is 6.07 Å². The van der Waals surface area contributed by atoms with Gasteiger partial charge in [-0.25, -0.2) is 4.79 Å². The molecule has 6 heteroatoms. The summed E-state index contributed by atoms with van der Waals surface area (Å²) in [5.41, 5.74) is 0. The molecule has 1 aromatic carbocycles. The van der Waals surface area contributed by atoms with Crippen LogP contribution in [0.4, 0.5) is 0 Å². The highest BCUT2D eigenvalue weighted by atomic mass is 79.9. The maximum atomic E-state index is 11.3. The van der Waals surface area contributed by atoms with Gasteiger partial charge in [0.05, 0.1) is 11.6 Å². The van der Waals surface area contributed by atoms with E-state index in [0.29, 0.717) is 22.4 Å². The fourth-order valence-corrected chi connectivity index (χ4v) is 1.72. The van der Waals surface area contributed by atoms with Crippen molar-refractivity contribution in [2.45, 2.75) is 11.9 Å². The monoisotopic (exact) mass is 326 g/mol. The van der Waals surface area contributed by atoms with Gasteiger partial charge in [0, 0.05) is 5.02 Å². The van der Waals surface area contributed by atoms with E-state index in [1.807, 2.05) is 0 Å². The third-order valence-electron chi connectivity index (χ3n) is 1.60. The predicted octanol–water partition coefficient (Wildman–Crippen LogP) is 3.66. The number of carbonyl (C=O) groups is 1. The van der Waals surface area contributed by atoms with Crippen molar-refractivity contribution in [3.63, 3.8) is 0 Å². The number of rotatable bonds is 4. The molecule has 16 heavy (non-hydrogen) atoms. The number of ether oxygens (including phenoxy) is 2. The van der Waals surface area contributed by atoms with Crippen molar-refractivity contribution in [3.05, 3.63) is 28.2 Å². The summed E-state index contributed by atoms with van der Waals surface area (Å²) in [6.07, 6.45) is 0. The lowest BCUT2D eigenvalue weighted by atomic mass is 10.3. The molecule has 0 bridgehead atoms. The Morgan fingerprint density at radius 2 is 2.19 bits per heavy atom. The average molecular weight is 328 g/mol. The smallest absolute Gasteiger partial charge is 0.358 e. The van der Waals surface area contributed by atoms with E-state index in [1.54, 1.807) is 19.1 Å². The lowest BCUT2D eigenvalue weighted by molar-refractivity contribution is -0.146. The largest absolute Gasteiger partial charge is 0.466 e. The van der Waals surface area contributed by atoms with Crippen molar-refractivity contribution in [2.24, 2.45) is 0 Å². The van der Waals surface area contributed by atoms with Crippen molar-refractivity contribution in [2.75, 3.05) is 6.61 Å². The van der Waals surface area contributed by atoms with E-state index >= 15 is 0 Å². The zero-order chi connectivity index (χ0) is 12.1. The minimum atomic E-state index is -0.883. The minimum absolute atomic E-state index is 0.290. The Bertz CT molecular complexity index is 384. The van der Waals surface area contributed by atoms with E-state index in [2.05, 4.69) is 15.9 Å². The first-order valence-corrected chi connectivity index (χ1v) is 6.14. The molecule has 0 spiro atoms. The fraction of sp³-hybridized carbons (Fsp3) is 0.300. The first-order valence-electron chi connectivity index (χ1n) is 4.47. The highest BCUT2D eigenvalue weighted by Gasteiger charge is 2.18. The van der Waals surface area contributed by atoms with Crippen LogP contribution in [0.1, 0.15) is 6.92 Å². The molecule has 88 valence electrons. The quantitative estimate of drug-likeness (QED) is 0.625. The molecule has 0 aliphatic carbocycles. The molecule has 0 amide bonds. The molecule has 1 rings (SSSR count). The second-order valence-corrected chi connectivity index (χ2v) is 4.44. The van der Waals surface area contributed by atoms with Gasteiger partial charge in [0.15, 0.2) is 0 Å². The zero-order valence-corrected chi connectivity index (χ0v) is 11.5. The number of hydrogen-bond acceptors (Lipinski definition) is 3. The zero-order valence-electron chi connectivity index (χ0n) is 8.38. The number of halogens is 3. The van der Waals surface area contributed by atoms with Crippen LogP contribution in [-0.4, -0.2) is 17.6 Å². The third-order valence-corrected chi connectivity index (χ3v) is 2.69. The molecular formula is C10H9BrCl2O3. The Morgan fingerprint density at radius 1 is 1.50 bits per heavy atom. The number of carbonyl (C=O) groups excluding carboxylic acids is 1.